The van der Waals surface area contributed by atoms with E-state index >= 15 is 0 Å². The Morgan fingerprint density at radius 2 is 2.10 bits per heavy atom. The molecule has 1 aromatic heterocycles. The molecule has 5 heteroatoms. The Labute approximate surface area is 122 Å². The lowest BCUT2D eigenvalue weighted by Gasteiger charge is -2.38. The molecule has 2 rings (SSSR count). The van der Waals surface area contributed by atoms with Gasteiger partial charge in [0.15, 0.2) is 0 Å². The standard InChI is InChI=1S/C15H22F3NS/c1-2-9-19-14(13-8-5-10-20-13)11-6-3-4-7-12(11)15(16,17)18/h5,8,10-12,14,19H,2-4,6-7,9H2,1H3. The normalized spacial score (nSPS) is 25.6. The Bertz CT molecular complexity index is 388. The summed E-state index contributed by atoms with van der Waals surface area (Å²) in [5.41, 5.74) is 0. The fourth-order valence-electron chi connectivity index (χ4n) is 3.20. The second kappa shape index (κ2) is 6.94. The van der Waals surface area contributed by atoms with Gasteiger partial charge in [-0.25, -0.2) is 0 Å². The molecule has 114 valence electrons. The molecular weight excluding hydrogens is 283 g/mol. The summed E-state index contributed by atoms with van der Waals surface area (Å²) in [5, 5.41) is 5.30. The molecule has 1 aromatic rings. The lowest BCUT2D eigenvalue weighted by molar-refractivity contribution is -0.199. The minimum absolute atomic E-state index is 0.151. The molecule has 3 unspecified atom stereocenters. The van der Waals surface area contributed by atoms with E-state index in [1.807, 2.05) is 24.4 Å². The summed E-state index contributed by atoms with van der Waals surface area (Å²) >= 11 is 1.56. The monoisotopic (exact) mass is 305 g/mol. The molecule has 0 spiro atoms. The zero-order valence-corrected chi connectivity index (χ0v) is 12.6. The summed E-state index contributed by atoms with van der Waals surface area (Å²) in [4.78, 5) is 1.04. The van der Waals surface area contributed by atoms with Crippen LogP contribution in [0.2, 0.25) is 0 Å². The molecule has 0 amide bonds. The van der Waals surface area contributed by atoms with Gasteiger partial charge in [-0.2, -0.15) is 13.2 Å². The van der Waals surface area contributed by atoms with Gasteiger partial charge in [-0.05, 0) is 43.2 Å². The Kier molecular flexibility index (Phi) is 5.49. The van der Waals surface area contributed by atoms with Crippen LogP contribution in [-0.4, -0.2) is 12.7 Å². The SMILES string of the molecule is CCCNC(c1cccs1)C1CCCCC1C(F)(F)F. The number of halogens is 3. The lowest BCUT2D eigenvalue weighted by Crippen LogP contribution is -2.40. The first-order valence-corrected chi connectivity index (χ1v) is 8.25. The van der Waals surface area contributed by atoms with Gasteiger partial charge in [0.1, 0.15) is 0 Å². The molecule has 20 heavy (non-hydrogen) atoms. The molecule has 1 aliphatic carbocycles. The maximum Gasteiger partial charge on any atom is 0.392 e. The summed E-state index contributed by atoms with van der Waals surface area (Å²) in [6.07, 6.45) is -0.578. The van der Waals surface area contributed by atoms with Crippen molar-refractivity contribution in [1.29, 1.82) is 0 Å². The highest BCUT2D eigenvalue weighted by Gasteiger charge is 2.48. The average molecular weight is 305 g/mol. The van der Waals surface area contributed by atoms with Crippen LogP contribution in [0, 0.1) is 11.8 Å². The second-order valence-electron chi connectivity index (χ2n) is 5.54. The van der Waals surface area contributed by atoms with Crippen LogP contribution < -0.4 is 5.32 Å². The lowest BCUT2D eigenvalue weighted by atomic mass is 9.74. The largest absolute Gasteiger partial charge is 0.392 e. The van der Waals surface area contributed by atoms with E-state index in [0.717, 1.165) is 24.3 Å². The van der Waals surface area contributed by atoms with Crippen LogP contribution in [-0.2, 0) is 0 Å². The van der Waals surface area contributed by atoms with Crippen molar-refractivity contribution in [3.05, 3.63) is 22.4 Å². The zero-order valence-electron chi connectivity index (χ0n) is 11.7. The molecule has 0 radical (unpaired) electrons. The van der Waals surface area contributed by atoms with Gasteiger partial charge in [-0.1, -0.05) is 25.8 Å². The third kappa shape index (κ3) is 3.76. The van der Waals surface area contributed by atoms with E-state index in [1.54, 1.807) is 11.3 Å². The molecule has 0 aliphatic heterocycles. The third-order valence-electron chi connectivity index (χ3n) is 4.13. The van der Waals surface area contributed by atoms with Gasteiger partial charge in [-0.15, -0.1) is 11.3 Å². The smallest absolute Gasteiger partial charge is 0.309 e. The Hall–Kier alpha value is -0.550. The van der Waals surface area contributed by atoms with E-state index in [1.165, 1.54) is 0 Å². The summed E-state index contributed by atoms with van der Waals surface area (Å²) in [5.74, 6) is -1.48. The quantitative estimate of drug-likeness (QED) is 0.792. The van der Waals surface area contributed by atoms with Crippen LogP contribution in [0.5, 0.6) is 0 Å². The first-order valence-electron chi connectivity index (χ1n) is 7.37. The van der Waals surface area contributed by atoms with Crippen molar-refractivity contribution in [2.75, 3.05) is 6.54 Å². The molecule has 3 atom stereocenters. The summed E-state index contributed by atoms with van der Waals surface area (Å²) in [7, 11) is 0. The van der Waals surface area contributed by atoms with Gasteiger partial charge >= 0.3 is 6.18 Å². The van der Waals surface area contributed by atoms with Crippen LogP contribution in [0.1, 0.15) is 49.9 Å². The molecular formula is C15H22F3NS. The van der Waals surface area contributed by atoms with Crippen molar-refractivity contribution < 1.29 is 13.2 Å². The molecule has 1 saturated carbocycles. The van der Waals surface area contributed by atoms with Gasteiger partial charge in [0.2, 0.25) is 0 Å². The van der Waals surface area contributed by atoms with E-state index in [9.17, 15) is 13.2 Å². The van der Waals surface area contributed by atoms with Gasteiger partial charge in [0.05, 0.1) is 5.92 Å². The summed E-state index contributed by atoms with van der Waals surface area (Å²) < 4.78 is 39.9. The highest BCUT2D eigenvalue weighted by atomic mass is 32.1. The van der Waals surface area contributed by atoms with Crippen molar-refractivity contribution >= 4 is 11.3 Å². The zero-order chi connectivity index (χ0) is 14.6. The van der Waals surface area contributed by atoms with Gasteiger partial charge in [0, 0.05) is 10.9 Å². The van der Waals surface area contributed by atoms with Crippen molar-refractivity contribution in [2.45, 2.75) is 51.2 Å². The minimum Gasteiger partial charge on any atom is -0.309 e. The highest BCUT2D eigenvalue weighted by molar-refractivity contribution is 7.10. The Morgan fingerprint density at radius 1 is 1.35 bits per heavy atom. The van der Waals surface area contributed by atoms with Crippen LogP contribution in [0.4, 0.5) is 13.2 Å². The fourth-order valence-corrected chi connectivity index (χ4v) is 4.07. The fraction of sp³-hybridized carbons (Fsp3) is 0.733. The van der Waals surface area contributed by atoms with E-state index < -0.39 is 12.1 Å². The number of thiophene rings is 1. The van der Waals surface area contributed by atoms with E-state index in [2.05, 4.69) is 5.32 Å². The summed E-state index contributed by atoms with van der Waals surface area (Å²) in [6.45, 7) is 2.81. The molecule has 1 nitrogen and oxygen atoms in total. The van der Waals surface area contributed by atoms with Crippen LogP contribution in [0.25, 0.3) is 0 Å². The maximum absolute atomic E-state index is 13.3. The number of nitrogens with one attached hydrogen (secondary N) is 1. The molecule has 0 bridgehead atoms. The molecule has 0 saturated heterocycles. The van der Waals surface area contributed by atoms with Crippen molar-refractivity contribution in [3.63, 3.8) is 0 Å². The van der Waals surface area contributed by atoms with Crippen molar-refractivity contribution in [3.8, 4) is 0 Å². The van der Waals surface area contributed by atoms with Gasteiger partial charge in [-0.3, -0.25) is 0 Å². The topological polar surface area (TPSA) is 12.0 Å². The predicted molar refractivity (Wildman–Crippen MR) is 76.9 cm³/mol. The summed E-state index contributed by atoms with van der Waals surface area (Å²) in [6, 6.07) is 3.73. The molecule has 1 heterocycles. The molecule has 0 aromatic carbocycles. The number of alkyl halides is 3. The Balaban J connectivity index is 2.21. The second-order valence-corrected chi connectivity index (χ2v) is 6.52. The first-order chi connectivity index (χ1) is 9.54. The third-order valence-corrected chi connectivity index (χ3v) is 5.09. The van der Waals surface area contributed by atoms with Gasteiger partial charge < -0.3 is 5.32 Å². The van der Waals surface area contributed by atoms with Crippen molar-refractivity contribution in [1.82, 2.24) is 5.32 Å². The number of rotatable bonds is 5. The average Bonchev–Trinajstić information content (AvgIpc) is 2.92. The van der Waals surface area contributed by atoms with Crippen molar-refractivity contribution in [2.24, 2.45) is 11.8 Å². The first kappa shape index (κ1) is 15.8. The number of hydrogen-bond donors (Lipinski definition) is 1. The number of hydrogen-bond acceptors (Lipinski definition) is 2. The van der Waals surface area contributed by atoms with E-state index in [4.69, 9.17) is 0 Å². The van der Waals surface area contributed by atoms with E-state index in [0.29, 0.717) is 12.8 Å². The van der Waals surface area contributed by atoms with E-state index in [-0.39, 0.29) is 18.4 Å². The maximum atomic E-state index is 13.3. The molecule has 1 aliphatic rings. The minimum atomic E-state index is -4.07. The van der Waals surface area contributed by atoms with Gasteiger partial charge in [0.25, 0.3) is 0 Å². The molecule has 1 fully saturated rings. The Morgan fingerprint density at radius 3 is 2.70 bits per heavy atom. The van der Waals surface area contributed by atoms with Crippen LogP contribution in [0.3, 0.4) is 0 Å². The molecule has 1 N–H and O–H groups in total. The highest BCUT2D eigenvalue weighted by Crippen LogP contribution is 2.47. The van der Waals surface area contributed by atoms with Crippen LogP contribution in [0.15, 0.2) is 17.5 Å². The van der Waals surface area contributed by atoms with Crippen LogP contribution >= 0.6 is 11.3 Å². The predicted octanol–water partition coefficient (Wildman–Crippen LogP) is 5.16.